The Morgan fingerprint density at radius 2 is 1.95 bits per heavy atom. The van der Waals surface area contributed by atoms with E-state index in [2.05, 4.69) is 30.2 Å². The molecule has 0 bridgehead atoms. The van der Waals surface area contributed by atoms with Crippen molar-refractivity contribution in [1.29, 1.82) is 0 Å². The maximum absolute atomic E-state index is 4.46. The zero-order valence-corrected chi connectivity index (χ0v) is 12.2. The van der Waals surface area contributed by atoms with Crippen LogP contribution in [0.3, 0.4) is 0 Å². The Bertz CT molecular complexity index is 700. The van der Waals surface area contributed by atoms with E-state index < -0.39 is 0 Å². The number of pyridine rings is 1. The Morgan fingerprint density at radius 3 is 2.67 bits per heavy atom. The Labute approximate surface area is 125 Å². The maximum atomic E-state index is 4.46. The highest BCUT2D eigenvalue weighted by Gasteiger charge is 2.09. The van der Waals surface area contributed by atoms with Crippen molar-refractivity contribution in [3.63, 3.8) is 0 Å². The van der Waals surface area contributed by atoms with Crippen molar-refractivity contribution in [1.82, 2.24) is 29.5 Å². The zero-order valence-electron chi connectivity index (χ0n) is 11.3. The lowest BCUT2D eigenvalue weighted by Crippen LogP contribution is -2.08. The molecule has 0 saturated carbocycles. The lowest BCUT2D eigenvalue weighted by atomic mass is 10.5. The molecule has 3 aromatic rings. The van der Waals surface area contributed by atoms with Crippen molar-refractivity contribution in [3.05, 3.63) is 43.2 Å². The molecule has 0 saturated heterocycles. The third-order valence-corrected chi connectivity index (χ3v) is 3.41. The Kier molecular flexibility index (Phi) is 4.06. The Balaban J connectivity index is 1.95. The molecule has 21 heavy (non-hydrogen) atoms. The van der Waals surface area contributed by atoms with Crippen LogP contribution in [0.5, 0.6) is 0 Å². The fourth-order valence-corrected chi connectivity index (χ4v) is 2.36. The van der Waals surface area contributed by atoms with Crippen LogP contribution in [0.25, 0.3) is 5.95 Å². The minimum atomic E-state index is 0.537. The highest BCUT2D eigenvalue weighted by molar-refractivity contribution is 7.99. The Morgan fingerprint density at radius 1 is 1.10 bits per heavy atom. The van der Waals surface area contributed by atoms with E-state index in [-0.39, 0.29) is 0 Å². The predicted octanol–water partition coefficient (Wildman–Crippen LogP) is 2.04. The third kappa shape index (κ3) is 3.34. The van der Waals surface area contributed by atoms with Crippen LogP contribution in [-0.2, 0) is 0 Å². The summed E-state index contributed by atoms with van der Waals surface area (Å²) in [6.07, 6.45) is 8.63. The van der Waals surface area contributed by atoms with Crippen molar-refractivity contribution in [3.8, 4) is 5.95 Å². The van der Waals surface area contributed by atoms with E-state index in [4.69, 9.17) is 0 Å². The predicted molar refractivity (Wildman–Crippen MR) is 79.5 cm³/mol. The second kappa shape index (κ2) is 6.31. The van der Waals surface area contributed by atoms with E-state index in [9.17, 15) is 0 Å². The average Bonchev–Trinajstić information content (AvgIpc) is 3.03. The van der Waals surface area contributed by atoms with Crippen LogP contribution in [0.4, 0.5) is 5.95 Å². The van der Waals surface area contributed by atoms with Crippen molar-refractivity contribution >= 4 is 17.7 Å². The summed E-state index contributed by atoms with van der Waals surface area (Å²) in [6, 6.07) is 3.83. The van der Waals surface area contributed by atoms with Gasteiger partial charge in [-0.15, -0.1) is 0 Å². The molecule has 0 fully saturated rings. The van der Waals surface area contributed by atoms with Gasteiger partial charge in [-0.1, -0.05) is 0 Å². The standard InChI is InChI=1S/C13H13N7S/c1-2-16-11-17-12(20-8-7-15-9-20)19-13(18-11)21-10-3-5-14-6-4-10/h3-9H,2H2,1H3,(H,16,17,18,19). The summed E-state index contributed by atoms with van der Waals surface area (Å²) in [4.78, 5) is 22.3. The van der Waals surface area contributed by atoms with Gasteiger partial charge in [-0.3, -0.25) is 9.55 Å². The first-order chi connectivity index (χ1) is 10.3. The number of aromatic nitrogens is 6. The van der Waals surface area contributed by atoms with Crippen LogP contribution in [-0.4, -0.2) is 36.0 Å². The van der Waals surface area contributed by atoms with Crippen molar-refractivity contribution in [2.75, 3.05) is 11.9 Å². The summed E-state index contributed by atoms with van der Waals surface area (Å²) in [5, 5.41) is 3.74. The fourth-order valence-electron chi connectivity index (χ4n) is 1.63. The number of rotatable bonds is 5. The largest absolute Gasteiger partial charge is 0.354 e. The number of nitrogens with one attached hydrogen (secondary N) is 1. The van der Waals surface area contributed by atoms with E-state index >= 15 is 0 Å². The molecule has 106 valence electrons. The second-order valence-corrected chi connectivity index (χ2v) is 5.07. The zero-order chi connectivity index (χ0) is 14.5. The molecular weight excluding hydrogens is 286 g/mol. The third-order valence-electron chi connectivity index (χ3n) is 2.53. The summed E-state index contributed by atoms with van der Waals surface area (Å²) in [6.45, 7) is 2.74. The van der Waals surface area contributed by atoms with Gasteiger partial charge in [0.1, 0.15) is 6.33 Å². The van der Waals surface area contributed by atoms with Crippen molar-refractivity contribution < 1.29 is 0 Å². The molecule has 0 aromatic carbocycles. The fraction of sp³-hybridized carbons (Fsp3) is 0.154. The maximum Gasteiger partial charge on any atom is 0.240 e. The molecule has 3 rings (SSSR count). The molecule has 0 unspecified atom stereocenters. The lowest BCUT2D eigenvalue weighted by molar-refractivity contribution is 0.823. The first kappa shape index (κ1) is 13.5. The van der Waals surface area contributed by atoms with Crippen molar-refractivity contribution in [2.45, 2.75) is 17.0 Å². The number of imidazole rings is 1. The van der Waals surface area contributed by atoms with Crippen LogP contribution < -0.4 is 5.32 Å². The van der Waals surface area contributed by atoms with E-state index in [0.29, 0.717) is 17.1 Å². The summed E-state index contributed by atoms with van der Waals surface area (Å²) in [5.74, 6) is 1.09. The van der Waals surface area contributed by atoms with Gasteiger partial charge in [0.15, 0.2) is 5.16 Å². The number of hydrogen-bond acceptors (Lipinski definition) is 7. The Hall–Kier alpha value is -2.48. The molecule has 8 heteroatoms. The summed E-state index contributed by atoms with van der Waals surface area (Å²) in [7, 11) is 0. The first-order valence-corrected chi connectivity index (χ1v) is 7.23. The van der Waals surface area contributed by atoms with E-state index in [1.165, 1.54) is 11.8 Å². The van der Waals surface area contributed by atoms with Gasteiger partial charge in [0.05, 0.1) is 0 Å². The van der Waals surface area contributed by atoms with Crippen molar-refractivity contribution in [2.24, 2.45) is 0 Å². The smallest absolute Gasteiger partial charge is 0.240 e. The molecule has 0 aliphatic carbocycles. The van der Waals surface area contributed by atoms with Gasteiger partial charge in [-0.2, -0.15) is 15.0 Å². The molecular formula is C13H13N7S. The van der Waals surface area contributed by atoms with Crippen LogP contribution in [0.15, 0.2) is 53.3 Å². The van der Waals surface area contributed by atoms with Crippen LogP contribution in [0.1, 0.15) is 6.92 Å². The number of nitrogens with zero attached hydrogens (tertiary/aromatic N) is 6. The van der Waals surface area contributed by atoms with Gasteiger partial charge in [0, 0.05) is 36.2 Å². The quantitative estimate of drug-likeness (QED) is 0.772. The second-order valence-electron chi connectivity index (χ2n) is 4.03. The minimum Gasteiger partial charge on any atom is -0.354 e. The highest BCUT2D eigenvalue weighted by Crippen LogP contribution is 2.24. The average molecular weight is 299 g/mol. The first-order valence-electron chi connectivity index (χ1n) is 6.41. The van der Waals surface area contributed by atoms with E-state index in [0.717, 1.165) is 11.4 Å². The van der Waals surface area contributed by atoms with E-state index in [1.807, 2.05) is 19.1 Å². The summed E-state index contributed by atoms with van der Waals surface area (Å²) >= 11 is 1.46. The highest BCUT2D eigenvalue weighted by atomic mass is 32.2. The lowest BCUT2D eigenvalue weighted by Gasteiger charge is -2.07. The minimum absolute atomic E-state index is 0.537. The molecule has 0 aliphatic heterocycles. The van der Waals surface area contributed by atoms with Gasteiger partial charge >= 0.3 is 0 Å². The van der Waals surface area contributed by atoms with Crippen LogP contribution in [0, 0.1) is 0 Å². The molecule has 1 N–H and O–H groups in total. The molecule has 0 spiro atoms. The SMILES string of the molecule is CCNc1nc(Sc2ccncc2)nc(-n2ccnc2)n1. The van der Waals surface area contributed by atoms with Gasteiger partial charge in [-0.25, -0.2) is 4.98 Å². The molecule has 0 aliphatic rings. The monoisotopic (exact) mass is 299 g/mol. The molecule has 7 nitrogen and oxygen atoms in total. The molecule has 0 amide bonds. The van der Waals surface area contributed by atoms with Crippen LogP contribution >= 0.6 is 11.8 Å². The summed E-state index contributed by atoms with van der Waals surface area (Å²) < 4.78 is 1.75. The molecule has 3 heterocycles. The van der Waals surface area contributed by atoms with Crippen LogP contribution in [0.2, 0.25) is 0 Å². The molecule has 3 aromatic heterocycles. The van der Waals surface area contributed by atoms with E-state index in [1.54, 1.807) is 35.7 Å². The summed E-state index contributed by atoms with van der Waals surface area (Å²) in [5.41, 5.74) is 0. The number of anilines is 1. The topological polar surface area (TPSA) is 81.4 Å². The normalized spacial score (nSPS) is 10.5. The van der Waals surface area contributed by atoms with Gasteiger partial charge in [-0.05, 0) is 30.8 Å². The van der Waals surface area contributed by atoms with Gasteiger partial charge in [0.25, 0.3) is 0 Å². The molecule has 0 radical (unpaired) electrons. The van der Waals surface area contributed by atoms with Gasteiger partial charge in [0.2, 0.25) is 11.9 Å². The number of hydrogen-bond donors (Lipinski definition) is 1. The van der Waals surface area contributed by atoms with Gasteiger partial charge < -0.3 is 5.32 Å². The molecule has 0 atom stereocenters.